The molecule has 1 aliphatic rings. The van der Waals surface area contributed by atoms with Crippen molar-refractivity contribution in [2.24, 2.45) is 0 Å². The van der Waals surface area contributed by atoms with Gasteiger partial charge in [-0.15, -0.1) is 0 Å². The van der Waals surface area contributed by atoms with Crippen molar-refractivity contribution in [2.75, 3.05) is 26.2 Å². The summed E-state index contributed by atoms with van der Waals surface area (Å²) < 4.78 is 0. The van der Waals surface area contributed by atoms with Crippen molar-refractivity contribution < 1.29 is 4.79 Å². The molecule has 0 radical (unpaired) electrons. The Morgan fingerprint density at radius 1 is 1.06 bits per heavy atom. The second kappa shape index (κ2) is 9.46. The predicted octanol–water partition coefficient (Wildman–Crippen LogP) is 2.56. The van der Waals surface area contributed by atoms with Crippen LogP contribution >= 0.6 is 0 Å². The van der Waals surface area contributed by atoms with Gasteiger partial charge in [0.1, 0.15) is 0 Å². The Bertz CT molecular complexity index is 200. The molecule has 0 aliphatic carbocycles. The van der Waals surface area contributed by atoms with Gasteiger partial charge < -0.3 is 10.2 Å². The molecule has 0 bridgehead atoms. The molecule has 17 heavy (non-hydrogen) atoms. The van der Waals surface area contributed by atoms with Gasteiger partial charge in [-0.25, -0.2) is 0 Å². The number of carbonyl (C=O) groups is 1. The topological polar surface area (TPSA) is 32.3 Å². The van der Waals surface area contributed by atoms with Crippen LogP contribution in [0.3, 0.4) is 0 Å². The Balaban J connectivity index is 1.92. The molecule has 1 heterocycles. The van der Waals surface area contributed by atoms with Gasteiger partial charge in [-0.1, -0.05) is 26.2 Å². The van der Waals surface area contributed by atoms with Crippen molar-refractivity contribution in [3.63, 3.8) is 0 Å². The Kier molecular flexibility index (Phi) is 8.06. The molecule has 1 N–H and O–H groups in total. The van der Waals surface area contributed by atoms with Crippen LogP contribution in [0.2, 0.25) is 0 Å². The van der Waals surface area contributed by atoms with E-state index in [-0.39, 0.29) is 0 Å². The van der Waals surface area contributed by atoms with E-state index in [0.717, 1.165) is 26.2 Å². The van der Waals surface area contributed by atoms with Crippen LogP contribution in [0.5, 0.6) is 0 Å². The largest absolute Gasteiger partial charge is 0.343 e. The van der Waals surface area contributed by atoms with Crippen molar-refractivity contribution >= 4 is 5.91 Å². The number of hydrogen-bond acceptors (Lipinski definition) is 2. The van der Waals surface area contributed by atoms with Crippen LogP contribution in [-0.4, -0.2) is 37.0 Å². The zero-order valence-electron chi connectivity index (χ0n) is 11.3. The number of likely N-dealkylation sites (tertiary alicyclic amines) is 1. The van der Waals surface area contributed by atoms with Crippen LogP contribution in [0.1, 0.15) is 58.3 Å². The van der Waals surface area contributed by atoms with Gasteiger partial charge in [0, 0.05) is 26.1 Å². The van der Waals surface area contributed by atoms with Crippen LogP contribution in [0, 0.1) is 0 Å². The lowest BCUT2D eigenvalue weighted by molar-refractivity contribution is -0.131. The average Bonchev–Trinajstić information content (AvgIpc) is 2.38. The second-order valence-corrected chi connectivity index (χ2v) is 5.00. The molecule has 0 aromatic heterocycles. The molecule has 0 saturated carbocycles. The first-order valence-corrected chi connectivity index (χ1v) is 7.33. The first-order valence-electron chi connectivity index (χ1n) is 7.33. The molecular formula is C14H28N2O. The minimum absolute atomic E-state index is 0.339. The number of unbranched alkanes of at least 4 members (excludes halogenated alkanes) is 3. The van der Waals surface area contributed by atoms with Gasteiger partial charge in [0.2, 0.25) is 5.91 Å². The van der Waals surface area contributed by atoms with Crippen LogP contribution in [0.25, 0.3) is 0 Å². The maximum Gasteiger partial charge on any atom is 0.223 e. The van der Waals surface area contributed by atoms with Crippen LogP contribution in [0.15, 0.2) is 0 Å². The maximum atomic E-state index is 11.8. The average molecular weight is 240 g/mol. The van der Waals surface area contributed by atoms with Crippen LogP contribution in [0.4, 0.5) is 0 Å². The molecule has 0 aromatic carbocycles. The lowest BCUT2D eigenvalue weighted by atomic mass is 10.1. The van der Waals surface area contributed by atoms with E-state index in [9.17, 15) is 4.79 Å². The molecule has 0 unspecified atom stereocenters. The van der Waals surface area contributed by atoms with Gasteiger partial charge in [0.05, 0.1) is 0 Å². The number of piperidine rings is 1. The van der Waals surface area contributed by atoms with Gasteiger partial charge >= 0.3 is 0 Å². The lowest BCUT2D eigenvalue weighted by Crippen LogP contribution is -2.37. The van der Waals surface area contributed by atoms with E-state index in [2.05, 4.69) is 12.2 Å². The van der Waals surface area contributed by atoms with Gasteiger partial charge in [0.25, 0.3) is 0 Å². The zero-order chi connectivity index (χ0) is 12.3. The van der Waals surface area contributed by atoms with Crippen molar-refractivity contribution in [3.8, 4) is 0 Å². The van der Waals surface area contributed by atoms with Crippen LogP contribution < -0.4 is 5.32 Å². The first-order chi connectivity index (χ1) is 8.34. The summed E-state index contributed by atoms with van der Waals surface area (Å²) in [5, 5.41) is 3.37. The molecule has 1 saturated heterocycles. The van der Waals surface area contributed by atoms with E-state index >= 15 is 0 Å². The lowest BCUT2D eigenvalue weighted by Gasteiger charge is -2.26. The summed E-state index contributed by atoms with van der Waals surface area (Å²) in [5.41, 5.74) is 0. The van der Waals surface area contributed by atoms with Gasteiger partial charge in [-0.3, -0.25) is 4.79 Å². The summed E-state index contributed by atoms with van der Waals surface area (Å²) in [4.78, 5) is 13.8. The summed E-state index contributed by atoms with van der Waals surface area (Å²) >= 11 is 0. The third kappa shape index (κ3) is 6.67. The highest BCUT2D eigenvalue weighted by molar-refractivity contribution is 5.76. The van der Waals surface area contributed by atoms with E-state index in [1.165, 1.54) is 44.9 Å². The molecule has 3 heteroatoms. The standard InChI is InChI=1S/C14H28N2O/c1-2-3-4-6-10-15-11-9-14(17)16-12-7-5-8-13-16/h15H,2-13H2,1H3. The van der Waals surface area contributed by atoms with Crippen molar-refractivity contribution in [3.05, 3.63) is 0 Å². The molecule has 0 spiro atoms. The zero-order valence-corrected chi connectivity index (χ0v) is 11.3. The summed E-state index contributed by atoms with van der Waals surface area (Å²) in [5.74, 6) is 0.339. The fourth-order valence-electron chi connectivity index (χ4n) is 2.30. The monoisotopic (exact) mass is 240 g/mol. The van der Waals surface area contributed by atoms with Gasteiger partial charge in [0.15, 0.2) is 0 Å². The number of nitrogens with zero attached hydrogens (tertiary/aromatic N) is 1. The quantitative estimate of drug-likeness (QED) is 0.661. The van der Waals surface area contributed by atoms with Crippen molar-refractivity contribution in [1.82, 2.24) is 10.2 Å². The number of carbonyl (C=O) groups excluding carboxylic acids is 1. The third-order valence-corrected chi connectivity index (χ3v) is 3.43. The van der Waals surface area contributed by atoms with Gasteiger partial charge in [-0.05, 0) is 32.2 Å². The summed E-state index contributed by atoms with van der Waals surface area (Å²) in [6.45, 7) is 6.10. The smallest absolute Gasteiger partial charge is 0.223 e. The van der Waals surface area contributed by atoms with Gasteiger partial charge in [-0.2, -0.15) is 0 Å². The molecule has 3 nitrogen and oxygen atoms in total. The van der Waals surface area contributed by atoms with E-state index in [1.54, 1.807) is 0 Å². The molecule has 1 aliphatic heterocycles. The molecule has 1 rings (SSSR count). The summed E-state index contributed by atoms with van der Waals surface area (Å²) in [6, 6.07) is 0. The normalized spacial score (nSPS) is 16.2. The Labute approximate surface area is 106 Å². The summed E-state index contributed by atoms with van der Waals surface area (Å²) in [6.07, 6.45) is 9.51. The first kappa shape index (κ1) is 14.5. The highest BCUT2D eigenvalue weighted by Gasteiger charge is 2.15. The molecule has 0 atom stereocenters. The van der Waals surface area contributed by atoms with E-state index in [1.807, 2.05) is 4.90 Å². The Hall–Kier alpha value is -0.570. The molecule has 100 valence electrons. The third-order valence-electron chi connectivity index (χ3n) is 3.43. The fraction of sp³-hybridized carbons (Fsp3) is 0.929. The Morgan fingerprint density at radius 2 is 1.82 bits per heavy atom. The number of rotatable bonds is 8. The number of nitrogens with one attached hydrogen (secondary N) is 1. The van der Waals surface area contributed by atoms with Crippen LogP contribution in [-0.2, 0) is 4.79 Å². The minimum atomic E-state index is 0.339. The second-order valence-electron chi connectivity index (χ2n) is 5.00. The maximum absolute atomic E-state index is 11.8. The highest BCUT2D eigenvalue weighted by Crippen LogP contribution is 2.09. The SMILES string of the molecule is CCCCCCNCCC(=O)N1CCCCC1. The van der Waals surface area contributed by atoms with E-state index < -0.39 is 0 Å². The molecule has 1 amide bonds. The fourth-order valence-corrected chi connectivity index (χ4v) is 2.30. The minimum Gasteiger partial charge on any atom is -0.343 e. The van der Waals surface area contributed by atoms with E-state index in [0.29, 0.717) is 12.3 Å². The van der Waals surface area contributed by atoms with E-state index in [4.69, 9.17) is 0 Å². The Morgan fingerprint density at radius 3 is 2.53 bits per heavy atom. The predicted molar refractivity (Wildman–Crippen MR) is 72.1 cm³/mol. The highest BCUT2D eigenvalue weighted by atomic mass is 16.2. The number of hydrogen-bond donors (Lipinski definition) is 1. The molecular weight excluding hydrogens is 212 g/mol. The summed E-state index contributed by atoms with van der Waals surface area (Å²) in [7, 11) is 0. The van der Waals surface area contributed by atoms with Crippen molar-refractivity contribution in [2.45, 2.75) is 58.3 Å². The van der Waals surface area contributed by atoms with Crippen molar-refractivity contribution in [1.29, 1.82) is 0 Å². The molecule has 1 fully saturated rings. The number of amides is 1. The molecule has 0 aromatic rings.